The van der Waals surface area contributed by atoms with Gasteiger partial charge >= 0.3 is 0 Å². The molecule has 0 aliphatic rings. The van der Waals surface area contributed by atoms with Gasteiger partial charge in [0.05, 0.1) is 4.92 Å². The van der Waals surface area contributed by atoms with Gasteiger partial charge in [-0.15, -0.1) is 0 Å². The van der Waals surface area contributed by atoms with E-state index >= 15 is 0 Å². The van der Waals surface area contributed by atoms with Crippen molar-refractivity contribution in [3.05, 3.63) is 39.7 Å². The molecule has 0 aliphatic carbocycles. The summed E-state index contributed by atoms with van der Waals surface area (Å²) in [7, 11) is 0. The zero-order valence-electron chi connectivity index (χ0n) is 12.5. The van der Waals surface area contributed by atoms with E-state index in [-0.39, 0.29) is 11.3 Å². The standard InChI is InChI=1S/C15H21FN2O3/c1-3-5-9-17(10-6-4-2)15(19)13-11-12(16)7-8-14(13)18(20)21/h7-8,11H,3-6,9-10H2,1-2H3. The van der Waals surface area contributed by atoms with Gasteiger partial charge in [-0.25, -0.2) is 4.39 Å². The topological polar surface area (TPSA) is 63.5 Å². The maximum absolute atomic E-state index is 13.3. The molecule has 0 bridgehead atoms. The maximum Gasteiger partial charge on any atom is 0.282 e. The van der Waals surface area contributed by atoms with Crippen LogP contribution in [0, 0.1) is 15.9 Å². The number of benzene rings is 1. The van der Waals surface area contributed by atoms with Gasteiger partial charge in [0.25, 0.3) is 11.6 Å². The third kappa shape index (κ3) is 4.81. The minimum Gasteiger partial charge on any atom is -0.338 e. The lowest BCUT2D eigenvalue weighted by molar-refractivity contribution is -0.385. The molecule has 0 aromatic heterocycles. The van der Waals surface area contributed by atoms with Crippen LogP contribution in [0.4, 0.5) is 10.1 Å². The van der Waals surface area contributed by atoms with Gasteiger partial charge in [-0.3, -0.25) is 14.9 Å². The monoisotopic (exact) mass is 296 g/mol. The molecule has 0 aliphatic heterocycles. The summed E-state index contributed by atoms with van der Waals surface area (Å²) in [5.41, 5.74) is -0.522. The van der Waals surface area contributed by atoms with E-state index in [1.54, 1.807) is 4.90 Å². The van der Waals surface area contributed by atoms with Crippen LogP contribution >= 0.6 is 0 Å². The number of nitrogens with zero attached hydrogens (tertiary/aromatic N) is 2. The van der Waals surface area contributed by atoms with Crippen molar-refractivity contribution in [2.24, 2.45) is 0 Å². The van der Waals surface area contributed by atoms with E-state index in [2.05, 4.69) is 0 Å². The smallest absolute Gasteiger partial charge is 0.282 e. The Morgan fingerprint density at radius 2 is 1.81 bits per heavy atom. The molecule has 21 heavy (non-hydrogen) atoms. The summed E-state index contributed by atoms with van der Waals surface area (Å²) in [5.74, 6) is -1.11. The number of rotatable bonds is 8. The van der Waals surface area contributed by atoms with E-state index in [9.17, 15) is 19.3 Å². The molecule has 0 atom stereocenters. The van der Waals surface area contributed by atoms with Gasteiger partial charge in [-0.1, -0.05) is 26.7 Å². The minimum absolute atomic E-state index is 0.174. The average molecular weight is 296 g/mol. The second-order valence-electron chi connectivity index (χ2n) is 4.92. The van der Waals surface area contributed by atoms with Crippen LogP contribution < -0.4 is 0 Å². The molecule has 1 aromatic carbocycles. The fourth-order valence-electron chi connectivity index (χ4n) is 2.02. The second kappa shape index (κ2) is 8.34. The van der Waals surface area contributed by atoms with Crippen molar-refractivity contribution in [3.63, 3.8) is 0 Å². The van der Waals surface area contributed by atoms with Crippen LogP contribution in [-0.4, -0.2) is 28.8 Å². The van der Waals surface area contributed by atoms with E-state index in [1.807, 2.05) is 13.8 Å². The number of hydrogen-bond donors (Lipinski definition) is 0. The molecule has 0 saturated carbocycles. The molecular formula is C15H21FN2O3. The second-order valence-corrected chi connectivity index (χ2v) is 4.92. The normalized spacial score (nSPS) is 10.4. The van der Waals surface area contributed by atoms with Gasteiger partial charge < -0.3 is 4.90 Å². The molecule has 0 N–H and O–H groups in total. The highest BCUT2D eigenvalue weighted by molar-refractivity contribution is 5.98. The number of nitro groups is 1. The fourth-order valence-corrected chi connectivity index (χ4v) is 2.02. The summed E-state index contributed by atoms with van der Waals surface area (Å²) in [6.07, 6.45) is 3.47. The van der Waals surface area contributed by atoms with Crippen molar-refractivity contribution in [3.8, 4) is 0 Å². The molecule has 1 amide bonds. The summed E-state index contributed by atoms with van der Waals surface area (Å²) >= 11 is 0. The molecule has 0 fully saturated rings. The van der Waals surface area contributed by atoms with Gasteiger partial charge in [0.1, 0.15) is 11.4 Å². The summed E-state index contributed by atoms with van der Waals surface area (Å²) in [6, 6.07) is 2.99. The number of carbonyl (C=O) groups is 1. The number of nitro benzene ring substituents is 1. The molecule has 5 nitrogen and oxygen atoms in total. The third-order valence-electron chi connectivity index (χ3n) is 3.24. The molecule has 0 radical (unpaired) electrons. The lowest BCUT2D eigenvalue weighted by atomic mass is 10.1. The Balaban J connectivity index is 3.06. The molecule has 0 saturated heterocycles. The average Bonchev–Trinajstić information content (AvgIpc) is 2.46. The maximum atomic E-state index is 13.3. The Labute approximate surface area is 123 Å². The highest BCUT2D eigenvalue weighted by Crippen LogP contribution is 2.21. The number of amides is 1. The first kappa shape index (κ1) is 17.1. The Morgan fingerprint density at radius 1 is 1.24 bits per heavy atom. The van der Waals surface area contributed by atoms with Gasteiger partial charge in [0, 0.05) is 19.2 Å². The fraction of sp³-hybridized carbons (Fsp3) is 0.533. The van der Waals surface area contributed by atoms with Crippen molar-refractivity contribution in [2.45, 2.75) is 39.5 Å². The van der Waals surface area contributed by atoms with E-state index in [4.69, 9.17) is 0 Å². The largest absolute Gasteiger partial charge is 0.338 e. The van der Waals surface area contributed by atoms with E-state index in [1.165, 1.54) is 0 Å². The van der Waals surface area contributed by atoms with Crippen LogP contribution in [0.5, 0.6) is 0 Å². The Bertz CT molecular complexity index is 498. The van der Waals surface area contributed by atoms with Crippen molar-refractivity contribution in [2.75, 3.05) is 13.1 Å². The first-order valence-electron chi connectivity index (χ1n) is 7.24. The zero-order chi connectivity index (χ0) is 15.8. The Morgan fingerprint density at radius 3 is 2.29 bits per heavy atom. The lowest BCUT2D eigenvalue weighted by Gasteiger charge is -2.22. The van der Waals surface area contributed by atoms with Gasteiger partial charge in [-0.2, -0.15) is 0 Å². The quantitative estimate of drug-likeness (QED) is 0.541. The molecule has 0 spiro atoms. The summed E-state index contributed by atoms with van der Waals surface area (Å²) < 4.78 is 13.3. The van der Waals surface area contributed by atoms with Crippen LogP contribution in [0.1, 0.15) is 49.9 Å². The van der Waals surface area contributed by atoms with Gasteiger partial charge in [-0.05, 0) is 25.0 Å². The summed E-state index contributed by atoms with van der Waals surface area (Å²) in [6.45, 7) is 5.08. The highest BCUT2D eigenvalue weighted by atomic mass is 19.1. The van der Waals surface area contributed by atoms with Crippen molar-refractivity contribution >= 4 is 11.6 Å². The van der Waals surface area contributed by atoms with E-state index in [0.29, 0.717) is 13.1 Å². The van der Waals surface area contributed by atoms with Crippen molar-refractivity contribution in [1.82, 2.24) is 4.90 Å². The first-order chi connectivity index (χ1) is 10.0. The zero-order valence-corrected chi connectivity index (χ0v) is 12.5. The third-order valence-corrected chi connectivity index (χ3v) is 3.24. The van der Waals surface area contributed by atoms with E-state index in [0.717, 1.165) is 43.9 Å². The minimum atomic E-state index is -0.648. The summed E-state index contributed by atoms with van der Waals surface area (Å²) in [5, 5.41) is 11.0. The van der Waals surface area contributed by atoms with Gasteiger partial charge in [0.15, 0.2) is 0 Å². The van der Waals surface area contributed by atoms with Gasteiger partial charge in [0.2, 0.25) is 0 Å². The molecule has 6 heteroatoms. The first-order valence-corrected chi connectivity index (χ1v) is 7.24. The highest BCUT2D eigenvalue weighted by Gasteiger charge is 2.24. The predicted octanol–water partition coefficient (Wildman–Crippen LogP) is 3.78. The number of unbranched alkanes of at least 4 members (excludes halogenated alkanes) is 2. The number of hydrogen-bond acceptors (Lipinski definition) is 3. The molecule has 0 unspecified atom stereocenters. The lowest BCUT2D eigenvalue weighted by Crippen LogP contribution is -2.33. The van der Waals surface area contributed by atoms with Crippen LogP contribution in [0.25, 0.3) is 0 Å². The molecule has 116 valence electrons. The van der Waals surface area contributed by atoms with Crippen LogP contribution in [0.3, 0.4) is 0 Å². The van der Waals surface area contributed by atoms with Crippen LogP contribution in [0.15, 0.2) is 18.2 Å². The van der Waals surface area contributed by atoms with Crippen LogP contribution in [-0.2, 0) is 0 Å². The Hall–Kier alpha value is -1.98. The molecule has 1 rings (SSSR count). The molecular weight excluding hydrogens is 275 g/mol. The number of carbonyl (C=O) groups excluding carboxylic acids is 1. The summed E-state index contributed by atoms with van der Waals surface area (Å²) in [4.78, 5) is 24.4. The van der Waals surface area contributed by atoms with Crippen LogP contribution in [0.2, 0.25) is 0 Å². The van der Waals surface area contributed by atoms with Crippen molar-refractivity contribution < 1.29 is 14.1 Å². The predicted molar refractivity (Wildman–Crippen MR) is 78.8 cm³/mol. The molecule has 0 heterocycles. The van der Waals surface area contributed by atoms with Crippen molar-refractivity contribution in [1.29, 1.82) is 0 Å². The number of halogens is 1. The van der Waals surface area contributed by atoms with E-state index < -0.39 is 16.6 Å². The molecule has 1 aromatic rings. The SMILES string of the molecule is CCCCN(CCCC)C(=O)c1cc(F)ccc1[N+](=O)[O-]. The Kier molecular flexibility index (Phi) is 6.78.